The van der Waals surface area contributed by atoms with Crippen molar-refractivity contribution >= 4 is 27.5 Å². The zero-order valence-electron chi connectivity index (χ0n) is 8.51. The lowest BCUT2D eigenvalue weighted by Crippen LogP contribution is -1.90. The van der Waals surface area contributed by atoms with Gasteiger partial charge in [0.25, 0.3) is 0 Å². The van der Waals surface area contributed by atoms with E-state index in [1.54, 1.807) is 12.1 Å². The van der Waals surface area contributed by atoms with Crippen LogP contribution in [0.1, 0.15) is 0 Å². The number of aromatic nitrogens is 1. The molecule has 0 aliphatic heterocycles. The fourth-order valence-corrected chi connectivity index (χ4v) is 1.87. The minimum absolute atomic E-state index is 0.211. The fraction of sp³-hybridized carbons (Fsp3) is 0. The molecular formula is C13H10N2O. The van der Waals surface area contributed by atoms with Gasteiger partial charge < -0.3 is 10.8 Å². The lowest BCUT2D eigenvalue weighted by atomic mass is 10.1. The van der Waals surface area contributed by atoms with Crippen LogP contribution in [0, 0.1) is 0 Å². The lowest BCUT2D eigenvalue weighted by molar-refractivity contribution is 0.481. The summed E-state index contributed by atoms with van der Waals surface area (Å²) in [5, 5.41) is 11.4. The molecule has 0 bridgehead atoms. The summed E-state index contributed by atoms with van der Waals surface area (Å²) in [6.07, 6.45) is 0. The van der Waals surface area contributed by atoms with E-state index in [9.17, 15) is 5.11 Å². The number of nitrogens with two attached hydrogens (primary N) is 1. The van der Waals surface area contributed by atoms with Gasteiger partial charge in [-0.3, -0.25) is 0 Å². The van der Waals surface area contributed by atoms with Crippen molar-refractivity contribution in [1.29, 1.82) is 0 Å². The molecule has 1 heterocycles. The van der Waals surface area contributed by atoms with Crippen LogP contribution < -0.4 is 5.73 Å². The van der Waals surface area contributed by atoms with Crippen molar-refractivity contribution in [3.05, 3.63) is 42.5 Å². The molecule has 78 valence electrons. The molecule has 2 aromatic carbocycles. The quantitative estimate of drug-likeness (QED) is 0.340. The van der Waals surface area contributed by atoms with Gasteiger partial charge in [-0.25, -0.2) is 4.98 Å². The first-order valence-electron chi connectivity index (χ1n) is 5.02. The normalized spacial score (nSPS) is 11.0. The number of fused-ring (bicyclic) bond motifs is 2. The van der Waals surface area contributed by atoms with Gasteiger partial charge in [-0.15, -0.1) is 0 Å². The summed E-state index contributed by atoms with van der Waals surface area (Å²) in [5.41, 5.74) is 7.96. The van der Waals surface area contributed by atoms with Crippen LogP contribution >= 0.6 is 0 Å². The van der Waals surface area contributed by atoms with Crippen molar-refractivity contribution in [2.24, 2.45) is 0 Å². The van der Waals surface area contributed by atoms with Gasteiger partial charge in [-0.2, -0.15) is 0 Å². The second kappa shape index (κ2) is 3.10. The number of nitrogen functional groups attached to an aromatic ring is 1. The number of phenols is 1. The van der Waals surface area contributed by atoms with Crippen LogP contribution in [0.3, 0.4) is 0 Å². The van der Waals surface area contributed by atoms with Gasteiger partial charge >= 0.3 is 0 Å². The van der Waals surface area contributed by atoms with Gasteiger partial charge in [-0.05, 0) is 24.3 Å². The second-order valence-corrected chi connectivity index (χ2v) is 3.75. The minimum atomic E-state index is 0.211. The minimum Gasteiger partial charge on any atom is -0.507 e. The highest BCUT2D eigenvalue weighted by Gasteiger charge is 2.06. The maximum atomic E-state index is 9.76. The molecule has 3 rings (SSSR count). The van der Waals surface area contributed by atoms with Gasteiger partial charge in [0.05, 0.1) is 16.7 Å². The number of aromatic hydroxyl groups is 1. The summed E-state index contributed by atoms with van der Waals surface area (Å²) in [5.74, 6) is 0.211. The lowest BCUT2D eigenvalue weighted by Gasteiger charge is -2.05. The zero-order valence-corrected chi connectivity index (χ0v) is 8.51. The summed E-state index contributed by atoms with van der Waals surface area (Å²) < 4.78 is 0. The van der Waals surface area contributed by atoms with Crippen molar-refractivity contribution in [2.45, 2.75) is 0 Å². The Morgan fingerprint density at radius 1 is 1.06 bits per heavy atom. The summed E-state index contributed by atoms with van der Waals surface area (Å²) in [7, 11) is 0. The molecule has 0 saturated heterocycles. The molecule has 0 radical (unpaired) electrons. The number of nitrogens with zero attached hydrogens (tertiary/aromatic N) is 1. The number of hydrogen-bond donors (Lipinski definition) is 2. The van der Waals surface area contributed by atoms with E-state index in [4.69, 9.17) is 5.73 Å². The molecule has 0 saturated carbocycles. The van der Waals surface area contributed by atoms with Gasteiger partial charge in [0.2, 0.25) is 0 Å². The smallest absolute Gasteiger partial charge is 0.125 e. The summed E-state index contributed by atoms with van der Waals surface area (Å²) in [6, 6.07) is 12.9. The first kappa shape index (κ1) is 8.97. The summed E-state index contributed by atoms with van der Waals surface area (Å²) in [6.45, 7) is 0. The first-order valence-corrected chi connectivity index (χ1v) is 5.02. The number of para-hydroxylation sites is 1. The molecule has 0 fully saturated rings. The van der Waals surface area contributed by atoms with E-state index >= 15 is 0 Å². The molecule has 1 aromatic heterocycles. The maximum absolute atomic E-state index is 9.76. The maximum Gasteiger partial charge on any atom is 0.125 e. The van der Waals surface area contributed by atoms with Crippen LogP contribution in [-0.2, 0) is 0 Å². The second-order valence-electron chi connectivity index (χ2n) is 3.75. The highest BCUT2D eigenvalue weighted by molar-refractivity contribution is 6.00. The van der Waals surface area contributed by atoms with E-state index in [1.807, 2.05) is 30.3 Å². The molecule has 0 amide bonds. The molecule has 16 heavy (non-hydrogen) atoms. The molecule has 0 aliphatic rings. The predicted octanol–water partition coefficient (Wildman–Crippen LogP) is 2.68. The number of hydrogen-bond acceptors (Lipinski definition) is 3. The zero-order chi connectivity index (χ0) is 11.1. The molecule has 0 unspecified atom stereocenters. The Hall–Kier alpha value is -2.29. The average molecular weight is 210 g/mol. The third-order valence-corrected chi connectivity index (χ3v) is 2.69. The third kappa shape index (κ3) is 1.18. The molecule has 0 aliphatic carbocycles. The molecule has 3 heteroatoms. The Labute approximate surface area is 92.1 Å². The Bertz CT molecular complexity index is 632. The van der Waals surface area contributed by atoms with Crippen molar-refractivity contribution in [3.8, 4) is 5.75 Å². The van der Waals surface area contributed by atoms with E-state index < -0.39 is 0 Å². The van der Waals surface area contributed by atoms with Crippen molar-refractivity contribution in [3.63, 3.8) is 0 Å². The van der Waals surface area contributed by atoms with Gasteiger partial charge in [0.1, 0.15) is 5.75 Å². The highest BCUT2D eigenvalue weighted by Crippen LogP contribution is 2.30. The van der Waals surface area contributed by atoms with E-state index in [0.29, 0.717) is 16.6 Å². The SMILES string of the molecule is Nc1ccc(O)c2cc3ccccc3nc12. The molecular weight excluding hydrogens is 200 g/mol. The van der Waals surface area contributed by atoms with Crippen LogP contribution in [0.4, 0.5) is 5.69 Å². The monoisotopic (exact) mass is 210 g/mol. The fourth-order valence-electron chi connectivity index (χ4n) is 1.87. The van der Waals surface area contributed by atoms with Gasteiger partial charge in [0, 0.05) is 10.8 Å². The standard InChI is InChI=1S/C13H10N2O/c14-10-5-6-12(16)9-7-8-3-1-2-4-11(8)15-13(9)10/h1-7,16H,14H2. The van der Waals surface area contributed by atoms with Crippen LogP contribution in [0.5, 0.6) is 5.75 Å². The Kier molecular flexibility index (Phi) is 1.74. The molecule has 3 nitrogen and oxygen atoms in total. The molecule has 3 N–H and O–H groups in total. The highest BCUT2D eigenvalue weighted by atomic mass is 16.3. The van der Waals surface area contributed by atoms with Crippen molar-refractivity contribution in [1.82, 2.24) is 4.98 Å². The van der Waals surface area contributed by atoms with E-state index in [2.05, 4.69) is 4.98 Å². The van der Waals surface area contributed by atoms with E-state index in [-0.39, 0.29) is 5.75 Å². The Balaban J connectivity index is 2.56. The number of anilines is 1. The Morgan fingerprint density at radius 3 is 2.75 bits per heavy atom. The number of phenolic OH excluding ortho intramolecular Hbond substituents is 1. The van der Waals surface area contributed by atoms with Crippen LogP contribution in [0.15, 0.2) is 42.5 Å². The third-order valence-electron chi connectivity index (χ3n) is 2.69. The average Bonchev–Trinajstić information content (AvgIpc) is 2.32. The van der Waals surface area contributed by atoms with E-state index in [1.165, 1.54) is 0 Å². The number of pyridine rings is 1. The number of rotatable bonds is 0. The molecule has 3 aromatic rings. The van der Waals surface area contributed by atoms with Gasteiger partial charge in [0.15, 0.2) is 0 Å². The number of benzene rings is 2. The van der Waals surface area contributed by atoms with E-state index in [0.717, 1.165) is 10.9 Å². The largest absolute Gasteiger partial charge is 0.507 e. The van der Waals surface area contributed by atoms with Gasteiger partial charge in [-0.1, -0.05) is 18.2 Å². The van der Waals surface area contributed by atoms with Crippen molar-refractivity contribution < 1.29 is 5.11 Å². The molecule has 0 spiro atoms. The topological polar surface area (TPSA) is 59.1 Å². The summed E-state index contributed by atoms with van der Waals surface area (Å²) >= 11 is 0. The first-order chi connectivity index (χ1) is 7.75. The van der Waals surface area contributed by atoms with Crippen LogP contribution in [-0.4, -0.2) is 10.1 Å². The summed E-state index contributed by atoms with van der Waals surface area (Å²) in [4.78, 5) is 4.45. The van der Waals surface area contributed by atoms with Crippen LogP contribution in [0.2, 0.25) is 0 Å². The van der Waals surface area contributed by atoms with Crippen molar-refractivity contribution in [2.75, 3.05) is 5.73 Å². The Morgan fingerprint density at radius 2 is 1.88 bits per heavy atom. The molecule has 0 atom stereocenters. The predicted molar refractivity (Wildman–Crippen MR) is 65.3 cm³/mol. The van der Waals surface area contributed by atoms with Crippen LogP contribution in [0.25, 0.3) is 21.8 Å².